The zero-order valence-electron chi connectivity index (χ0n) is 5.79. The number of carbonyl (C=O) groups excluding carboxylic acids is 1. The number of rotatable bonds is 2. The minimum absolute atomic E-state index is 0.255. The summed E-state index contributed by atoms with van der Waals surface area (Å²) in [7, 11) is 2.73. The quantitative estimate of drug-likeness (QED) is 0.338. The molecule has 0 aromatic carbocycles. The molecule has 3 nitrogen and oxygen atoms in total. The molecule has 0 bridgehead atoms. The fourth-order valence-corrected chi connectivity index (χ4v) is 0.340. The first kappa shape index (κ1) is 9.10. The summed E-state index contributed by atoms with van der Waals surface area (Å²) in [6, 6.07) is 0. The van der Waals surface area contributed by atoms with Crippen LogP contribution in [-0.2, 0) is 14.3 Å². The molecule has 0 rings (SSSR count). The monoisotopic (exact) mass is 160 g/mol. The summed E-state index contributed by atoms with van der Waals surface area (Å²) in [6.45, 7) is 0. The maximum absolute atomic E-state index is 10.4. The van der Waals surface area contributed by atoms with Gasteiger partial charge in [0.1, 0.15) is 0 Å². The van der Waals surface area contributed by atoms with Crippen molar-refractivity contribution in [3.8, 4) is 0 Å². The van der Waals surface area contributed by atoms with E-state index in [-0.39, 0.29) is 5.05 Å². The molecule has 0 amide bonds. The molecule has 0 aromatic heterocycles. The summed E-state index contributed by atoms with van der Waals surface area (Å²) in [4.78, 5) is 10.4. The summed E-state index contributed by atoms with van der Waals surface area (Å²) in [5.74, 6) is -0.445. The van der Waals surface area contributed by atoms with E-state index in [0.29, 0.717) is 0 Å². The normalized spacial score (nSPS) is 9.40. The van der Waals surface area contributed by atoms with Gasteiger partial charge in [-0.1, -0.05) is 0 Å². The lowest BCUT2D eigenvalue weighted by Gasteiger charge is -1.92. The number of hydrogen-bond acceptors (Lipinski definition) is 4. The van der Waals surface area contributed by atoms with Crippen LogP contribution in [0, 0.1) is 0 Å². The minimum atomic E-state index is -0.445. The fourth-order valence-electron chi connectivity index (χ4n) is 0.272. The van der Waals surface area contributed by atoms with Gasteiger partial charge < -0.3 is 9.47 Å². The van der Waals surface area contributed by atoms with E-state index >= 15 is 0 Å². The number of esters is 1. The lowest BCUT2D eigenvalue weighted by molar-refractivity contribution is -0.134. The molecule has 0 heterocycles. The number of ether oxygens (including phenoxy) is 2. The molecule has 0 atom stereocenters. The number of carbonyl (C=O) groups is 1. The molecule has 0 fully saturated rings. The highest BCUT2D eigenvalue weighted by Gasteiger charge is 1.91. The van der Waals surface area contributed by atoms with Gasteiger partial charge in [0.25, 0.3) is 0 Å². The minimum Gasteiger partial charge on any atom is -0.487 e. The van der Waals surface area contributed by atoms with Crippen molar-refractivity contribution in [2.75, 3.05) is 14.2 Å². The fraction of sp³-hybridized carbons (Fsp3) is 0.333. The summed E-state index contributed by atoms with van der Waals surface area (Å²) in [5, 5.41) is 0.255. The van der Waals surface area contributed by atoms with Crippen molar-refractivity contribution in [3.63, 3.8) is 0 Å². The Hall–Kier alpha value is -0.900. The Morgan fingerprint density at radius 3 is 2.30 bits per heavy atom. The Labute approximate surface area is 64.6 Å². The van der Waals surface area contributed by atoms with Crippen LogP contribution in [0.2, 0.25) is 0 Å². The molecule has 4 heteroatoms. The van der Waals surface area contributed by atoms with Crippen LogP contribution in [0.3, 0.4) is 0 Å². The lowest BCUT2D eigenvalue weighted by Crippen LogP contribution is -1.97. The van der Waals surface area contributed by atoms with Crippen molar-refractivity contribution in [2.24, 2.45) is 0 Å². The summed E-state index contributed by atoms with van der Waals surface area (Å²) in [5.41, 5.74) is 0. The maximum atomic E-state index is 10.4. The third-order valence-corrected chi connectivity index (χ3v) is 1.06. The molecular formula is C6H8O3S. The van der Waals surface area contributed by atoms with E-state index in [4.69, 9.17) is 0 Å². The van der Waals surface area contributed by atoms with Crippen LogP contribution in [0.5, 0.6) is 0 Å². The van der Waals surface area contributed by atoms with Gasteiger partial charge >= 0.3 is 5.97 Å². The van der Waals surface area contributed by atoms with E-state index in [1.807, 2.05) is 0 Å². The van der Waals surface area contributed by atoms with Crippen LogP contribution in [0.1, 0.15) is 0 Å². The summed E-state index contributed by atoms with van der Waals surface area (Å²) in [6.07, 6.45) is 2.56. The highest BCUT2D eigenvalue weighted by molar-refractivity contribution is 7.80. The topological polar surface area (TPSA) is 35.5 Å². The molecule has 0 aliphatic rings. The second kappa shape index (κ2) is 4.93. The van der Waals surface area contributed by atoms with Crippen molar-refractivity contribution in [2.45, 2.75) is 0 Å². The first-order valence-electron chi connectivity index (χ1n) is 2.54. The maximum Gasteiger partial charge on any atom is 0.330 e. The van der Waals surface area contributed by atoms with Crippen LogP contribution >= 0.6 is 12.2 Å². The van der Waals surface area contributed by atoms with Gasteiger partial charge in [-0.3, -0.25) is 0 Å². The Kier molecular flexibility index (Phi) is 4.49. The van der Waals surface area contributed by atoms with Gasteiger partial charge in [-0.2, -0.15) is 0 Å². The van der Waals surface area contributed by atoms with Gasteiger partial charge in [-0.15, -0.1) is 0 Å². The van der Waals surface area contributed by atoms with Crippen molar-refractivity contribution in [1.82, 2.24) is 0 Å². The van der Waals surface area contributed by atoms with Crippen molar-refractivity contribution in [1.29, 1.82) is 0 Å². The van der Waals surface area contributed by atoms with E-state index in [0.717, 1.165) is 0 Å². The molecule has 0 radical (unpaired) electrons. The molecular weight excluding hydrogens is 152 g/mol. The molecule has 0 aromatic rings. The molecule has 0 N–H and O–H groups in total. The molecule has 0 saturated carbocycles. The van der Waals surface area contributed by atoms with E-state index < -0.39 is 5.97 Å². The first-order valence-corrected chi connectivity index (χ1v) is 2.95. The van der Waals surface area contributed by atoms with Crippen LogP contribution in [0.15, 0.2) is 12.2 Å². The van der Waals surface area contributed by atoms with E-state index in [9.17, 15) is 4.79 Å². The number of methoxy groups -OCH3 is 2. The van der Waals surface area contributed by atoms with Crippen LogP contribution in [0.4, 0.5) is 0 Å². The number of hydrogen-bond donors (Lipinski definition) is 0. The standard InChI is InChI=1S/C6H8O3S/c1-8-5(7)3-4-6(10)9-2/h3-4H,1-2H3/b4-3+. The zero-order valence-corrected chi connectivity index (χ0v) is 6.60. The van der Waals surface area contributed by atoms with Crippen LogP contribution in [0.25, 0.3) is 0 Å². The van der Waals surface area contributed by atoms with Crippen LogP contribution in [-0.4, -0.2) is 25.2 Å². The predicted octanol–water partition coefficient (Wildman–Crippen LogP) is 0.689. The molecule has 0 spiro atoms. The van der Waals surface area contributed by atoms with E-state index in [2.05, 4.69) is 21.7 Å². The third kappa shape index (κ3) is 4.03. The SMILES string of the molecule is COC(=O)/C=C/C(=S)OC. The Bertz CT molecular complexity index is 144. The first-order chi connectivity index (χ1) is 4.70. The Morgan fingerprint density at radius 1 is 1.30 bits per heavy atom. The lowest BCUT2D eigenvalue weighted by atomic mass is 10.5. The second-order valence-corrected chi connectivity index (χ2v) is 1.78. The van der Waals surface area contributed by atoms with E-state index in [1.54, 1.807) is 0 Å². The second-order valence-electron chi connectivity index (χ2n) is 1.38. The highest BCUT2D eigenvalue weighted by Crippen LogP contribution is 1.83. The van der Waals surface area contributed by atoms with Gasteiger partial charge in [-0.25, -0.2) is 4.79 Å². The van der Waals surface area contributed by atoms with Gasteiger partial charge in [-0.05, 0) is 18.3 Å². The largest absolute Gasteiger partial charge is 0.487 e. The molecule has 10 heavy (non-hydrogen) atoms. The van der Waals surface area contributed by atoms with E-state index in [1.165, 1.54) is 26.4 Å². The van der Waals surface area contributed by atoms with Gasteiger partial charge in [0.15, 0.2) is 5.05 Å². The molecule has 0 aliphatic carbocycles. The molecule has 0 aliphatic heterocycles. The average molecular weight is 160 g/mol. The zero-order chi connectivity index (χ0) is 7.98. The molecule has 0 unspecified atom stereocenters. The van der Waals surface area contributed by atoms with Gasteiger partial charge in [0.2, 0.25) is 0 Å². The molecule has 0 saturated heterocycles. The van der Waals surface area contributed by atoms with Gasteiger partial charge in [0.05, 0.1) is 14.2 Å². The Balaban J connectivity index is 3.75. The van der Waals surface area contributed by atoms with Crippen molar-refractivity contribution in [3.05, 3.63) is 12.2 Å². The van der Waals surface area contributed by atoms with Gasteiger partial charge in [0, 0.05) is 6.08 Å². The number of thiocarbonyl (C=S) groups is 1. The predicted molar refractivity (Wildman–Crippen MR) is 40.8 cm³/mol. The van der Waals surface area contributed by atoms with Crippen molar-refractivity contribution >= 4 is 23.2 Å². The highest BCUT2D eigenvalue weighted by atomic mass is 32.1. The smallest absolute Gasteiger partial charge is 0.330 e. The average Bonchev–Trinajstić information content (AvgIpc) is 1.99. The summed E-state index contributed by atoms with van der Waals surface area (Å²) >= 11 is 4.60. The van der Waals surface area contributed by atoms with Crippen molar-refractivity contribution < 1.29 is 14.3 Å². The molecule has 56 valence electrons. The Morgan fingerprint density at radius 2 is 1.90 bits per heavy atom. The van der Waals surface area contributed by atoms with Crippen LogP contribution < -0.4 is 0 Å². The third-order valence-electron chi connectivity index (χ3n) is 0.758. The summed E-state index contributed by atoms with van der Waals surface area (Å²) < 4.78 is 8.89.